The number of carbonyl (C=O) groups excluding carboxylic acids is 2. The molecule has 1 fully saturated rings. The van der Waals surface area contributed by atoms with E-state index >= 15 is 0 Å². The summed E-state index contributed by atoms with van der Waals surface area (Å²) >= 11 is 0. The van der Waals surface area contributed by atoms with Crippen LogP contribution < -0.4 is 16.0 Å². The number of rotatable bonds is 6. The van der Waals surface area contributed by atoms with Crippen molar-refractivity contribution in [3.05, 3.63) is 0 Å². The quantitative estimate of drug-likeness (QED) is 0.415. The minimum atomic E-state index is -1.05. The van der Waals surface area contributed by atoms with E-state index < -0.39 is 12.0 Å². The van der Waals surface area contributed by atoms with Gasteiger partial charge >= 0.3 is 12.0 Å². The molecule has 0 radical (unpaired) electrons. The molecule has 0 aliphatic carbocycles. The summed E-state index contributed by atoms with van der Waals surface area (Å²) in [4.78, 5) is 32.2. The van der Waals surface area contributed by atoms with Gasteiger partial charge in [-0.1, -0.05) is 0 Å². The Morgan fingerprint density at radius 2 is 2.29 bits per heavy atom. The average Bonchev–Trinajstić information content (AvgIpc) is 2.63. The Morgan fingerprint density at radius 3 is 2.88 bits per heavy atom. The lowest BCUT2D eigenvalue weighted by molar-refractivity contribution is -0.142. The largest absolute Gasteiger partial charge is 0.480 e. The van der Waals surface area contributed by atoms with Crippen LogP contribution in [0, 0.1) is 0 Å². The maximum absolute atomic E-state index is 11.3. The summed E-state index contributed by atoms with van der Waals surface area (Å²) in [6.07, 6.45) is 0.281. The maximum Gasteiger partial charge on any atom is 0.329 e. The first-order valence-electron chi connectivity index (χ1n) is 5.18. The fourth-order valence-electron chi connectivity index (χ4n) is 1.34. The van der Waals surface area contributed by atoms with Crippen LogP contribution in [0.3, 0.4) is 0 Å². The summed E-state index contributed by atoms with van der Waals surface area (Å²) in [5, 5.41) is 16.0. The van der Waals surface area contributed by atoms with E-state index in [1.165, 1.54) is 0 Å². The minimum Gasteiger partial charge on any atom is -0.480 e. The normalized spacial score (nSPS) is 18.6. The fourth-order valence-corrected chi connectivity index (χ4v) is 1.34. The molecule has 0 aromatic carbocycles. The van der Waals surface area contributed by atoms with E-state index in [2.05, 4.69) is 16.0 Å². The number of hydrogen-bond acceptors (Lipinski definition) is 4. The molecule has 0 spiro atoms. The predicted molar refractivity (Wildman–Crippen MR) is 56.4 cm³/mol. The molecule has 1 rings (SSSR count). The molecule has 4 N–H and O–H groups in total. The van der Waals surface area contributed by atoms with Gasteiger partial charge in [-0.25, -0.2) is 9.59 Å². The fraction of sp³-hybridized carbons (Fsp3) is 0.667. The Morgan fingerprint density at radius 1 is 1.53 bits per heavy atom. The molecule has 1 heterocycles. The van der Waals surface area contributed by atoms with Gasteiger partial charge in [-0.15, -0.1) is 0 Å². The number of hydrogen-bond donors (Lipinski definition) is 4. The lowest BCUT2D eigenvalue weighted by Gasteiger charge is -2.11. The van der Waals surface area contributed by atoms with E-state index in [0.29, 0.717) is 6.54 Å². The third-order valence-electron chi connectivity index (χ3n) is 2.07. The van der Waals surface area contributed by atoms with E-state index in [0.717, 1.165) is 0 Å². The second-order valence-corrected chi connectivity index (χ2v) is 3.55. The van der Waals surface area contributed by atoms with E-state index in [-0.39, 0.29) is 38.1 Å². The maximum atomic E-state index is 11.3. The average molecular weight is 245 g/mol. The number of ether oxygens (including phenoxy) is 1. The molecular formula is C9H15N3O5. The highest BCUT2D eigenvalue weighted by Crippen LogP contribution is 1.97. The Hall–Kier alpha value is -1.83. The van der Waals surface area contributed by atoms with Gasteiger partial charge in [0.25, 0.3) is 0 Å². The molecule has 96 valence electrons. The van der Waals surface area contributed by atoms with E-state index in [4.69, 9.17) is 9.84 Å². The van der Waals surface area contributed by atoms with Crippen molar-refractivity contribution in [2.24, 2.45) is 0 Å². The molecule has 1 aliphatic rings. The van der Waals surface area contributed by atoms with Crippen LogP contribution in [0.1, 0.15) is 6.42 Å². The molecule has 1 atom stereocenters. The first kappa shape index (κ1) is 13.2. The van der Waals surface area contributed by atoms with Crippen LogP contribution in [0.5, 0.6) is 0 Å². The number of urea groups is 1. The zero-order valence-corrected chi connectivity index (χ0v) is 9.19. The van der Waals surface area contributed by atoms with Crippen molar-refractivity contribution in [3.63, 3.8) is 0 Å². The SMILES string of the molecule is O=C(O)COCCNC(=O)NC1CNC(=O)C1. The second kappa shape index (κ2) is 6.69. The molecule has 8 heteroatoms. The highest BCUT2D eigenvalue weighted by Gasteiger charge is 2.22. The van der Waals surface area contributed by atoms with Crippen LogP contribution in [0.15, 0.2) is 0 Å². The van der Waals surface area contributed by atoms with Gasteiger partial charge in [-0.05, 0) is 0 Å². The summed E-state index contributed by atoms with van der Waals surface area (Å²) in [7, 11) is 0. The third-order valence-corrected chi connectivity index (χ3v) is 2.07. The number of carbonyl (C=O) groups is 3. The van der Waals surface area contributed by atoms with Gasteiger partial charge < -0.3 is 25.8 Å². The molecule has 0 saturated carbocycles. The smallest absolute Gasteiger partial charge is 0.329 e. The van der Waals surface area contributed by atoms with Crippen molar-refractivity contribution in [1.29, 1.82) is 0 Å². The van der Waals surface area contributed by atoms with Crippen LogP contribution in [-0.2, 0) is 14.3 Å². The topological polar surface area (TPSA) is 117 Å². The first-order valence-corrected chi connectivity index (χ1v) is 5.18. The molecule has 1 aliphatic heterocycles. The number of aliphatic carboxylic acids is 1. The van der Waals surface area contributed by atoms with E-state index in [9.17, 15) is 14.4 Å². The van der Waals surface area contributed by atoms with Gasteiger partial charge in [0, 0.05) is 19.5 Å². The lowest BCUT2D eigenvalue weighted by atomic mass is 10.3. The summed E-state index contributed by atoms with van der Waals surface area (Å²) in [6.45, 7) is 0.390. The number of amides is 3. The highest BCUT2D eigenvalue weighted by atomic mass is 16.5. The van der Waals surface area contributed by atoms with Gasteiger partial charge in [-0.3, -0.25) is 4.79 Å². The Kier molecular flexibility index (Phi) is 5.21. The Labute approximate surface area is 97.7 Å². The van der Waals surface area contributed by atoms with Crippen LogP contribution in [-0.4, -0.2) is 55.4 Å². The van der Waals surface area contributed by atoms with Crippen molar-refractivity contribution >= 4 is 17.9 Å². The van der Waals surface area contributed by atoms with Crippen molar-refractivity contribution in [3.8, 4) is 0 Å². The van der Waals surface area contributed by atoms with Crippen molar-refractivity contribution < 1.29 is 24.2 Å². The molecule has 1 unspecified atom stereocenters. The molecule has 0 aromatic rings. The third kappa shape index (κ3) is 5.71. The highest BCUT2D eigenvalue weighted by molar-refractivity contribution is 5.81. The number of nitrogens with one attached hydrogen (secondary N) is 3. The van der Waals surface area contributed by atoms with Gasteiger partial charge in [0.15, 0.2) is 0 Å². The summed E-state index contributed by atoms with van der Waals surface area (Å²) < 4.78 is 4.72. The molecule has 3 amide bonds. The van der Waals surface area contributed by atoms with Gasteiger partial charge in [0.2, 0.25) is 5.91 Å². The van der Waals surface area contributed by atoms with Crippen molar-refractivity contribution in [1.82, 2.24) is 16.0 Å². The molecule has 17 heavy (non-hydrogen) atoms. The van der Waals surface area contributed by atoms with Gasteiger partial charge in [0.05, 0.1) is 12.6 Å². The van der Waals surface area contributed by atoms with Gasteiger partial charge in [0.1, 0.15) is 6.61 Å². The molecule has 0 bridgehead atoms. The standard InChI is InChI=1S/C9H15N3O5/c13-7-3-6(4-11-7)12-9(16)10-1-2-17-5-8(14)15/h6H,1-5H2,(H,11,13)(H,14,15)(H2,10,12,16). The summed E-state index contributed by atoms with van der Waals surface area (Å²) in [6, 6.07) is -0.590. The molecule has 1 saturated heterocycles. The minimum absolute atomic E-state index is 0.0832. The summed E-state index contributed by atoms with van der Waals surface area (Å²) in [5.74, 6) is -1.13. The summed E-state index contributed by atoms with van der Waals surface area (Å²) in [5.41, 5.74) is 0. The van der Waals surface area contributed by atoms with Crippen LogP contribution >= 0.6 is 0 Å². The van der Waals surface area contributed by atoms with E-state index in [1.807, 2.05) is 0 Å². The second-order valence-electron chi connectivity index (χ2n) is 3.55. The Bertz CT molecular complexity index is 307. The molecule has 8 nitrogen and oxygen atoms in total. The van der Waals surface area contributed by atoms with Crippen molar-refractivity contribution in [2.75, 3.05) is 26.3 Å². The zero-order chi connectivity index (χ0) is 12.7. The number of carboxylic acids is 1. The first-order chi connectivity index (χ1) is 8.08. The molecular weight excluding hydrogens is 230 g/mol. The van der Waals surface area contributed by atoms with Gasteiger partial charge in [-0.2, -0.15) is 0 Å². The van der Waals surface area contributed by atoms with Crippen LogP contribution in [0.4, 0.5) is 4.79 Å². The predicted octanol–water partition coefficient (Wildman–Crippen LogP) is -1.72. The van der Waals surface area contributed by atoms with Crippen molar-refractivity contribution in [2.45, 2.75) is 12.5 Å². The zero-order valence-electron chi connectivity index (χ0n) is 9.19. The van der Waals surface area contributed by atoms with Crippen LogP contribution in [0.2, 0.25) is 0 Å². The number of carboxylic acid groups (broad SMARTS) is 1. The Balaban J connectivity index is 2.01. The lowest BCUT2D eigenvalue weighted by Crippen LogP contribution is -2.44. The van der Waals surface area contributed by atoms with Crippen LogP contribution in [0.25, 0.3) is 0 Å². The molecule has 0 aromatic heterocycles. The monoisotopic (exact) mass is 245 g/mol. The van der Waals surface area contributed by atoms with E-state index in [1.54, 1.807) is 0 Å².